The molecule has 1 aliphatic heterocycles. The first-order valence-electron chi connectivity index (χ1n) is 2.67. The quantitative estimate of drug-likeness (QED) is 0.322. The minimum atomic E-state index is -0.709. The van der Waals surface area contributed by atoms with Crippen molar-refractivity contribution in [3.8, 4) is 0 Å². The van der Waals surface area contributed by atoms with Gasteiger partial charge in [-0.25, -0.2) is 0 Å². The number of amidine groups is 2. The van der Waals surface area contributed by atoms with Crippen LogP contribution < -0.4 is 11.3 Å². The second-order valence-corrected chi connectivity index (χ2v) is 1.80. The molecule has 0 spiro atoms. The topological polar surface area (TPSA) is 109 Å². The molecule has 0 aromatic heterocycles. The van der Waals surface area contributed by atoms with Crippen LogP contribution in [0.4, 0.5) is 0 Å². The van der Waals surface area contributed by atoms with E-state index in [0.717, 1.165) is 0 Å². The van der Waals surface area contributed by atoms with Crippen LogP contribution in [0.15, 0.2) is 10.2 Å². The zero-order chi connectivity index (χ0) is 8.43. The first-order valence-corrected chi connectivity index (χ1v) is 2.67. The van der Waals surface area contributed by atoms with Crippen molar-refractivity contribution in [2.45, 2.75) is 0 Å². The Labute approximate surface area is 61.5 Å². The Morgan fingerprint density at radius 1 is 1.82 bits per heavy atom. The molecule has 0 aromatic carbocycles. The highest BCUT2D eigenvalue weighted by Gasteiger charge is 2.23. The molecular formula is C3H6N6O2. The molecule has 1 aliphatic rings. The SMILES string of the molecule is CN1N=C(N)C([N+](=O)[O-])=NN1. The van der Waals surface area contributed by atoms with Gasteiger partial charge < -0.3 is 15.8 Å². The van der Waals surface area contributed by atoms with E-state index in [-0.39, 0.29) is 5.84 Å². The van der Waals surface area contributed by atoms with Crippen molar-refractivity contribution in [3.63, 3.8) is 0 Å². The minimum Gasteiger partial charge on any atom is -0.375 e. The molecule has 0 saturated carbocycles. The second kappa shape index (κ2) is 2.40. The van der Waals surface area contributed by atoms with Crippen LogP contribution in [0.5, 0.6) is 0 Å². The molecule has 0 radical (unpaired) electrons. The van der Waals surface area contributed by atoms with Gasteiger partial charge in [-0.15, -0.1) is 10.6 Å². The van der Waals surface area contributed by atoms with E-state index in [1.807, 2.05) is 0 Å². The summed E-state index contributed by atoms with van der Waals surface area (Å²) in [7, 11) is 1.52. The lowest BCUT2D eigenvalue weighted by atomic mass is 10.5. The van der Waals surface area contributed by atoms with Gasteiger partial charge in [0.15, 0.2) is 0 Å². The Kier molecular flexibility index (Phi) is 1.58. The van der Waals surface area contributed by atoms with Crippen molar-refractivity contribution in [2.75, 3.05) is 7.05 Å². The first kappa shape index (κ1) is 7.25. The van der Waals surface area contributed by atoms with Crippen molar-refractivity contribution in [2.24, 2.45) is 15.9 Å². The Hall–Kier alpha value is -1.86. The zero-order valence-electron chi connectivity index (χ0n) is 5.68. The van der Waals surface area contributed by atoms with Crippen LogP contribution in [-0.4, -0.2) is 28.8 Å². The van der Waals surface area contributed by atoms with E-state index in [9.17, 15) is 10.1 Å². The van der Waals surface area contributed by atoms with E-state index in [1.165, 1.54) is 12.2 Å². The van der Waals surface area contributed by atoms with Crippen LogP contribution in [-0.2, 0) is 0 Å². The number of hydrogen-bond donors (Lipinski definition) is 2. The molecule has 1 heterocycles. The van der Waals surface area contributed by atoms with E-state index in [1.54, 1.807) is 0 Å². The summed E-state index contributed by atoms with van der Waals surface area (Å²) in [4.78, 5) is 9.42. The van der Waals surface area contributed by atoms with E-state index in [2.05, 4.69) is 15.7 Å². The molecule has 8 heteroatoms. The summed E-state index contributed by atoms with van der Waals surface area (Å²) < 4.78 is 0. The largest absolute Gasteiger partial charge is 0.433 e. The number of rotatable bonds is 0. The molecule has 0 aliphatic carbocycles. The zero-order valence-corrected chi connectivity index (χ0v) is 5.68. The van der Waals surface area contributed by atoms with Crippen molar-refractivity contribution in [1.29, 1.82) is 0 Å². The number of hydrazine groups is 1. The van der Waals surface area contributed by atoms with Gasteiger partial charge in [0.05, 0.1) is 12.1 Å². The Morgan fingerprint density at radius 2 is 2.45 bits per heavy atom. The van der Waals surface area contributed by atoms with Gasteiger partial charge in [-0.05, 0) is 4.92 Å². The maximum absolute atomic E-state index is 10.1. The molecular weight excluding hydrogens is 152 g/mol. The highest BCUT2D eigenvalue weighted by atomic mass is 16.6. The lowest BCUT2D eigenvalue weighted by molar-refractivity contribution is -0.347. The molecule has 11 heavy (non-hydrogen) atoms. The Bertz CT molecular complexity index is 244. The van der Waals surface area contributed by atoms with Crippen molar-refractivity contribution >= 4 is 11.7 Å². The number of hydrogen-bond acceptors (Lipinski definition) is 7. The molecule has 0 fully saturated rings. The summed E-state index contributed by atoms with van der Waals surface area (Å²) in [5.74, 6) is -0.681. The number of nitrogens with two attached hydrogens (primary N) is 1. The van der Waals surface area contributed by atoms with Gasteiger partial charge in [-0.3, -0.25) is 0 Å². The van der Waals surface area contributed by atoms with Gasteiger partial charge in [-0.1, -0.05) is 0 Å². The Morgan fingerprint density at radius 3 is 2.91 bits per heavy atom. The molecule has 0 unspecified atom stereocenters. The van der Waals surface area contributed by atoms with E-state index in [0.29, 0.717) is 0 Å². The number of nitro groups is 1. The molecule has 1 rings (SSSR count). The van der Waals surface area contributed by atoms with Gasteiger partial charge in [-0.2, -0.15) is 5.12 Å². The molecule has 0 atom stereocenters. The summed E-state index contributed by atoms with van der Waals surface area (Å²) in [6.07, 6.45) is 0. The standard InChI is InChI=1S/C3H6N6O2/c1-8-6-2(4)3(5-7-8)9(10)11/h7H,1H3,(H2,4,6). The van der Waals surface area contributed by atoms with E-state index in [4.69, 9.17) is 5.73 Å². The lowest BCUT2D eigenvalue weighted by Crippen LogP contribution is -2.42. The second-order valence-electron chi connectivity index (χ2n) is 1.80. The highest BCUT2D eigenvalue weighted by Crippen LogP contribution is 1.89. The van der Waals surface area contributed by atoms with Crippen molar-refractivity contribution in [1.82, 2.24) is 10.7 Å². The minimum absolute atomic E-state index is 0.212. The fraction of sp³-hybridized carbons (Fsp3) is 0.333. The van der Waals surface area contributed by atoms with Crippen LogP contribution in [0.25, 0.3) is 0 Å². The van der Waals surface area contributed by atoms with E-state index >= 15 is 0 Å². The van der Waals surface area contributed by atoms with Crippen molar-refractivity contribution < 1.29 is 4.92 Å². The molecule has 0 bridgehead atoms. The van der Waals surface area contributed by atoms with Crippen LogP contribution in [0.2, 0.25) is 0 Å². The molecule has 3 N–H and O–H groups in total. The average Bonchev–Trinajstić information content (AvgIpc) is 1.85. The number of nitrogens with one attached hydrogen (secondary N) is 1. The predicted octanol–water partition coefficient (Wildman–Crippen LogP) is -1.70. The van der Waals surface area contributed by atoms with Gasteiger partial charge in [0.2, 0.25) is 5.84 Å². The third-order valence-corrected chi connectivity index (χ3v) is 0.960. The third-order valence-electron chi connectivity index (χ3n) is 0.960. The first-order chi connectivity index (χ1) is 5.11. The highest BCUT2D eigenvalue weighted by molar-refractivity contribution is 6.36. The summed E-state index contributed by atoms with van der Waals surface area (Å²) in [6, 6.07) is 0. The number of nitrogens with zero attached hydrogens (tertiary/aromatic N) is 4. The maximum Gasteiger partial charge on any atom is 0.433 e. The maximum atomic E-state index is 10.1. The normalized spacial score (nSPS) is 16.6. The lowest BCUT2D eigenvalue weighted by Gasteiger charge is -2.11. The summed E-state index contributed by atoms with van der Waals surface area (Å²) in [5, 5.41) is 18.2. The fourth-order valence-corrected chi connectivity index (χ4v) is 0.540. The molecule has 60 valence electrons. The van der Waals surface area contributed by atoms with Crippen LogP contribution in [0.1, 0.15) is 0 Å². The van der Waals surface area contributed by atoms with Crippen LogP contribution in [0, 0.1) is 10.1 Å². The fourth-order valence-electron chi connectivity index (χ4n) is 0.540. The van der Waals surface area contributed by atoms with E-state index < -0.39 is 10.8 Å². The van der Waals surface area contributed by atoms with Crippen molar-refractivity contribution in [3.05, 3.63) is 10.1 Å². The predicted molar refractivity (Wildman–Crippen MR) is 37.0 cm³/mol. The molecule has 0 saturated heterocycles. The molecule has 8 nitrogen and oxygen atoms in total. The number of hydrazone groups is 2. The average molecular weight is 158 g/mol. The summed E-state index contributed by atoms with van der Waals surface area (Å²) in [5.41, 5.74) is 7.42. The third kappa shape index (κ3) is 1.34. The molecule has 0 aromatic rings. The smallest absolute Gasteiger partial charge is 0.375 e. The summed E-state index contributed by atoms with van der Waals surface area (Å²) >= 11 is 0. The van der Waals surface area contributed by atoms with Gasteiger partial charge in [0.1, 0.15) is 0 Å². The Balaban J connectivity index is 2.86. The summed E-state index contributed by atoms with van der Waals surface area (Å²) in [6.45, 7) is 0. The van der Waals surface area contributed by atoms with Gasteiger partial charge in [0.25, 0.3) is 0 Å². The van der Waals surface area contributed by atoms with Crippen LogP contribution in [0.3, 0.4) is 0 Å². The van der Waals surface area contributed by atoms with Gasteiger partial charge >= 0.3 is 5.84 Å². The van der Waals surface area contributed by atoms with Crippen LogP contribution >= 0.6 is 0 Å². The monoisotopic (exact) mass is 158 g/mol. The molecule has 0 amide bonds. The van der Waals surface area contributed by atoms with Gasteiger partial charge in [0, 0.05) is 0 Å².